The molecule has 0 aliphatic rings. The second kappa shape index (κ2) is 8.17. The molecule has 37 heavy (non-hydrogen) atoms. The quantitative estimate of drug-likeness (QED) is 0.195. The Labute approximate surface area is 209 Å². The summed E-state index contributed by atoms with van der Waals surface area (Å²) in [6.07, 6.45) is 0. The Bertz CT molecular complexity index is 2060. The Hall–Kier alpha value is -3.67. The molecule has 5 N–H and O–H groups in total. The van der Waals surface area contributed by atoms with Crippen molar-refractivity contribution in [2.75, 3.05) is 0 Å². The third kappa shape index (κ3) is 4.61. The highest BCUT2D eigenvalue weighted by molar-refractivity contribution is 7.87. The van der Waals surface area contributed by atoms with Crippen molar-refractivity contribution in [3.05, 3.63) is 54.1 Å². The lowest BCUT2D eigenvalue weighted by molar-refractivity contribution is 0.479. The molecule has 0 aliphatic heterocycles. The SMILES string of the molecule is Cc1cc(S(=O)(=O)O)c2[nH]c(-c3ccc(-c4nc5cc(S(=O)(=O)O)cc(S(=O)(=O)O)c5[nH]4)cc3)nc2c1. The van der Waals surface area contributed by atoms with Gasteiger partial charge in [-0.25, -0.2) is 9.97 Å². The van der Waals surface area contributed by atoms with Crippen molar-refractivity contribution in [3.8, 4) is 22.8 Å². The van der Waals surface area contributed by atoms with Gasteiger partial charge in [-0.2, -0.15) is 25.3 Å². The maximum absolute atomic E-state index is 11.8. The fourth-order valence-electron chi connectivity index (χ4n) is 3.89. The first-order valence-electron chi connectivity index (χ1n) is 10.2. The Balaban J connectivity index is 1.60. The predicted octanol–water partition coefficient (Wildman–Crippen LogP) is 2.82. The van der Waals surface area contributed by atoms with Gasteiger partial charge in [-0.05, 0) is 36.8 Å². The summed E-state index contributed by atoms with van der Waals surface area (Å²) in [5.41, 5.74) is 1.74. The minimum Gasteiger partial charge on any atom is -0.337 e. The molecule has 2 aromatic heterocycles. The summed E-state index contributed by atoms with van der Waals surface area (Å²) in [5.74, 6) is 0.445. The van der Waals surface area contributed by atoms with Gasteiger partial charge in [-0.15, -0.1) is 0 Å². The van der Waals surface area contributed by atoms with Gasteiger partial charge in [0.2, 0.25) is 0 Å². The molecule has 0 saturated heterocycles. The molecule has 0 bridgehead atoms. The third-order valence-corrected chi connectivity index (χ3v) is 8.10. The number of fused-ring (bicyclic) bond motifs is 2. The minimum atomic E-state index is -4.87. The van der Waals surface area contributed by atoms with Crippen LogP contribution in [0.5, 0.6) is 0 Å². The molecule has 0 fully saturated rings. The van der Waals surface area contributed by atoms with E-state index in [-0.39, 0.29) is 27.3 Å². The zero-order valence-electron chi connectivity index (χ0n) is 18.5. The summed E-state index contributed by atoms with van der Waals surface area (Å²) in [6.45, 7) is 1.66. The van der Waals surface area contributed by atoms with E-state index in [1.54, 1.807) is 37.3 Å². The van der Waals surface area contributed by atoms with Crippen LogP contribution in [0.25, 0.3) is 44.8 Å². The van der Waals surface area contributed by atoms with Crippen molar-refractivity contribution >= 4 is 52.4 Å². The number of hydrogen-bond donors (Lipinski definition) is 5. The second-order valence-corrected chi connectivity index (χ2v) is 12.3. The molecule has 16 heteroatoms. The Kier molecular flexibility index (Phi) is 5.52. The van der Waals surface area contributed by atoms with Crippen molar-refractivity contribution in [2.24, 2.45) is 0 Å². The van der Waals surface area contributed by atoms with Crippen LogP contribution in [-0.2, 0) is 30.4 Å². The lowest BCUT2D eigenvalue weighted by Crippen LogP contribution is -2.04. The van der Waals surface area contributed by atoms with E-state index >= 15 is 0 Å². The van der Waals surface area contributed by atoms with Crippen molar-refractivity contribution in [3.63, 3.8) is 0 Å². The lowest BCUT2D eigenvalue weighted by atomic mass is 10.1. The van der Waals surface area contributed by atoms with E-state index in [4.69, 9.17) is 0 Å². The van der Waals surface area contributed by atoms with Crippen molar-refractivity contribution in [1.29, 1.82) is 0 Å². The van der Waals surface area contributed by atoms with E-state index in [1.165, 1.54) is 6.07 Å². The van der Waals surface area contributed by atoms with Gasteiger partial charge >= 0.3 is 0 Å². The highest BCUT2D eigenvalue weighted by atomic mass is 32.2. The van der Waals surface area contributed by atoms with E-state index in [2.05, 4.69) is 19.9 Å². The normalized spacial score (nSPS) is 13.0. The maximum atomic E-state index is 11.8. The first-order chi connectivity index (χ1) is 17.1. The molecule has 5 rings (SSSR count). The standard InChI is InChI=1S/C21H16N4O9S3/c1-10-6-14-18(16(7-10)36(29,30)31)24-20(22-14)11-2-4-12(5-3-11)21-23-15-8-13(35(26,27)28)9-17(19(15)25-21)37(32,33)34/h2-9H,1H3,(H,22,24)(H,23,25)(H,26,27,28)(H,29,30,31)(H,32,33,34). The molecule has 2 heterocycles. The monoisotopic (exact) mass is 564 g/mol. The average Bonchev–Trinajstić information content (AvgIpc) is 3.40. The number of H-pyrrole nitrogens is 2. The van der Waals surface area contributed by atoms with Gasteiger partial charge in [-0.3, -0.25) is 13.7 Å². The number of hydrogen-bond acceptors (Lipinski definition) is 8. The zero-order chi connectivity index (χ0) is 26.9. The minimum absolute atomic E-state index is 0.132. The third-order valence-electron chi connectivity index (χ3n) is 5.52. The zero-order valence-corrected chi connectivity index (χ0v) is 21.0. The maximum Gasteiger partial charge on any atom is 0.296 e. The average molecular weight is 565 g/mol. The van der Waals surface area contributed by atoms with Crippen molar-refractivity contribution in [1.82, 2.24) is 19.9 Å². The molecule has 5 aromatic rings. The van der Waals surface area contributed by atoms with E-state index in [9.17, 15) is 38.9 Å². The number of nitrogens with zero attached hydrogens (tertiary/aromatic N) is 2. The Morgan fingerprint density at radius 3 is 1.49 bits per heavy atom. The Morgan fingerprint density at radius 1 is 0.622 bits per heavy atom. The van der Waals surface area contributed by atoms with Crippen LogP contribution in [0, 0.1) is 6.92 Å². The number of nitrogens with one attached hydrogen (secondary N) is 2. The van der Waals surface area contributed by atoms with Crippen molar-refractivity contribution in [2.45, 2.75) is 21.6 Å². The molecule has 13 nitrogen and oxygen atoms in total. The number of rotatable bonds is 5. The van der Waals surface area contributed by atoms with Crippen LogP contribution in [0.15, 0.2) is 63.2 Å². The molecular weight excluding hydrogens is 548 g/mol. The van der Waals surface area contributed by atoms with E-state index in [0.717, 1.165) is 6.07 Å². The van der Waals surface area contributed by atoms with Crippen LogP contribution in [0.2, 0.25) is 0 Å². The molecule has 0 spiro atoms. The van der Waals surface area contributed by atoms with Gasteiger partial charge in [0, 0.05) is 11.1 Å². The smallest absolute Gasteiger partial charge is 0.296 e. The van der Waals surface area contributed by atoms with Gasteiger partial charge in [0.15, 0.2) is 0 Å². The van der Waals surface area contributed by atoms with E-state index in [1.807, 2.05) is 0 Å². The van der Waals surface area contributed by atoms with Gasteiger partial charge in [0.1, 0.15) is 21.4 Å². The lowest BCUT2D eigenvalue weighted by Gasteiger charge is -2.02. The second-order valence-electron chi connectivity index (χ2n) is 8.15. The summed E-state index contributed by atoms with van der Waals surface area (Å²) < 4.78 is 98.7. The summed E-state index contributed by atoms with van der Waals surface area (Å²) in [6, 6.07) is 11.0. The molecule has 0 amide bonds. The number of aromatic amines is 2. The molecule has 0 atom stereocenters. The van der Waals surface area contributed by atoms with Crippen LogP contribution >= 0.6 is 0 Å². The Morgan fingerprint density at radius 2 is 1.05 bits per heavy atom. The molecule has 3 aromatic carbocycles. The largest absolute Gasteiger partial charge is 0.337 e. The molecule has 0 unspecified atom stereocenters. The summed E-state index contributed by atoms with van der Waals surface area (Å²) in [5, 5.41) is 0. The number of benzene rings is 3. The fraction of sp³-hybridized carbons (Fsp3) is 0.0476. The van der Waals surface area contributed by atoms with E-state index in [0.29, 0.717) is 34.1 Å². The number of aryl methyl sites for hydroxylation is 1. The van der Waals surface area contributed by atoms with Gasteiger partial charge < -0.3 is 9.97 Å². The van der Waals surface area contributed by atoms with Crippen LogP contribution < -0.4 is 0 Å². The van der Waals surface area contributed by atoms with Gasteiger partial charge in [0.25, 0.3) is 30.4 Å². The van der Waals surface area contributed by atoms with Crippen LogP contribution in [0.1, 0.15) is 5.56 Å². The van der Waals surface area contributed by atoms with Crippen LogP contribution in [0.3, 0.4) is 0 Å². The topological polar surface area (TPSA) is 220 Å². The first-order valence-corrected chi connectivity index (χ1v) is 14.5. The highest BCUT2D eigenvalue weighted by Crippen LogP contribution is 2.31. The fourth-order valence-corrected chi connectivity index (χ4v) is 5.93. The van der Waals surface area contributed by atoms with Crippen LogP contribution in [-0.4, -0.2) is 58.8 Å². The molecular formula is C21H16N4O9S3. The predicted molar refractivity (Wildman–Crippen MR) is 131 cm³/mol. The van der Waals surface area contributed by atoms with Crippen molar-refractivity contribution < 1.29 is 38.9 Å². The van der Waals surface area contributed by atoms with E-state index < -0.39 is 40.1 Å². The van der Waals surface area contributed by atoms with Crippen LogP contribution in [0.4, 0.5) is 0 Å². The summed E-state index contributed by atoms with van der Waals surface area (Å²) in [7, 11) is -14.2. The highest BCUT2D eigenvalue weighted by Gasteiger charge is 2.23. The summed E-state index contributed by atoms with van der Waals surface area (Å²) >= 11 is 0. The first kappa shape index (κ1) is 25.0. The van der Waals surface area contributed by atoms with Gasteiger partial charge in [0.05, 0.1) is 27.0 Å². The number of aromatic nitrogens is 4. The molecule has 0 radical (unpaired) electrons. The molecule has 0 aliphatic carbocycles. The number of imidazole rings is 2. The molecule has 0 saturated carbocycles. The molecule has 192 valence electrons. The van der Waals surface area contributed by atoms with Gasteiger partial charge in [-0.1, -0.05) is 24.3 Å². The summed E-state index contributed by atoms with van der Waals surface area (Å²) in [4.78, 5) is 12.4.